The van der Waals surface area contributed by atoms with E-state index in [9.17, 15) is 9.90 Å². The molecule has 0 radical (unpaired) electrons. The molecule has 1 amide bonds. The Labute approximate surface area is 188 Å². The van der Waals surface area contributed by atoms with Gasteiger partial charge in [-0.3, -0.25) is 4.90 Å². The van der Waals surface area contributed by atoms with Crippen LogP contribution >= 0.6 is 0 Å². The molecule has 0 aliphatic carbocycles. The van der Waals surface area contributed by atoms with Crippen molar-refractivity contribution in [3.8, 4) is 11.5 Å². The summed E-state index contributed by atoms with van der Waals surface area (Å²) < 4.78 is 16.7. The monoisotopic (exact) mass is 438 g/mol. The van der Waals surface area contributed by atoms with Crippen molar-refractivity contribution in [3.05, 3.63) is 59.7 Å². The summed E-state index contributed by atoms with van der Waals surface area (Å²) in [6.07, 6.45) is 3.34. The Morgan fingerprint density at radius 2 is 1.72 bits per heavy atom. The molecular formula is C25H30N2O5. The molecule has 2 fully saturated rings. The van der Waals surface area contributed by atoms with E-state index in [4.69, 9.17) is 14.2 Å². The number of alkyl carbamates (subject to hydrolysis) is 1. The van der Waals surface area contributed by atoms with E-state index in [2.05, 4.69) is 10.2 Å². The van der Waals surface area contributed by atoms with Gasteiger partial charge in [0.15, 0.2) is 11.5 Å². The average Bonchev–Trinajstić information content (AvgIpc) is 3.41. The Balaban J connectivity index is 1.30. The number of nitrogens with one attached hydrogen (secondary N) is 1. The summed E-state index contributed by atoms with van der Waals surface area (Å²) >= 11 is 0. The fourth-order valence-electron chi connectivity index (χ4n) is 5.16. The number of nitrogens with zero attached hydrogens (tertiary/aromatic N) is 1. The number of ether oxygens (including phenoxy) is 3. The average molecular weight is 439 g/mol. The Morgan fingerprint density at radius 1 is 1.03 bits per heavy atom. The number of carbonyl (C=O) groups is 1. The van der Waals surface area contributed by atoms with Crippen LogP contribution in [-0.2, 0) is 11.3 Å². The van der Waals surface area contributed by atoms with Crippen molar-refractivity contribution < 1.29 is 24.1 Å². The summed E-state index contributed by atoms with van der Waals surface area (Å²) in [5.74, 6) is 1.30. The molecule has 0 saturated carbocycles. The number of aliphatic hydroxyl groups is 1. The Hall–Kier alpha value is -2.77. The molecule has 2 atom stereocenters. The first-order valence-corrected chi connectivity index (χ1v) is 11.5. The predicted octanol–water partition coefficient (Wildman–Crippen LogP) is 3.41. The fraction of sp³-hybridized carbons (Fsp3) is 0.480. The summed E-state index contributed by atoms with van der Waals surface area (Å²) in [5, 5.41) is 14.2. The lowest BCUT2D eigenvalue weighted by Gasteiger charge is -2.31. The van der Waals surface area contributed by atoms with Crippen molar-refractivity contribution in [1.82, 2.24) is 10.2 Å². The van der Waals surface area contributed by atoms with Crippen LogP contribution < -0.4 is 14.8 Å². The van der Waals surface area contributed by atoms with E-state index < -0.39 is 18.2 Å². The number of carbonyl (C=O) groups excluding carboxylic acids is 1. The van der Waals surface area contributed by atoms with Crippen LogP contribution in [0.1, 0.15) is 42.9 Å². The summed E-state index contributed by atoms with van der Waals surface area (Å²) in [4.78, 5) is 15.1. The van der Waals surface area contributed by atoms with Crippen LogP contribution in [0.3, 0.4) is 0 Å². The molecule has 170 valence electrons. The number of benzene rings is 2. The van der Waals surface area contributed by atoms with Crippen molar-refractivity contribution in [2.24, 2.45) is 0 Å². The van der Waals surface area contributed by atoms with Crippen LogP contribution in [0.15, 0.2) is 48.5 Å². The van der Waals surface area contributed by atoms with Gasteiger partial charge in [-0.1, -0.05) is 36.4 Å². The highest BCUT2D eigenvalue weighted by Gasteiger charge is 2.41. The molecule has 3 aliphatic rings. The first-order valence-electron chi connectivity index (χ1n) is 11.5. The summed E-state index contributed by atoms with van der Waals surface area (Å²) in [6, 6.07) is 15.6. The quantitative estimate of drug-likeness (QED) is 0.690. The van der Waals surface area contributed by atoms with Crippen molar-refractivity contribution in [2.45, 2.75) is 56.5 Å². The second kappa shape index (κ2) is 9.38. The van der Waals surface area contributed by atoms with E-state index in [1.165, 1.54) is 25.7 Å². The highest BCUT2D eigenvalue weighted by molar-refractivity contribution is 5.67. The summed E-state index contributed by atoms with van der Waals surface area (Å²) in [7, 11) is 0. The lowest BCUT2D eigenvalue weighted by Crippen LogP contribution is -2.48. The maximum absolute atomic E-state index is 12.6. The van der Waals surface area contributed by atoms with E-state index in [1.54, 1.807) is 0 Å². The van der Waals surface area contributed by atoms with Crippen LogP contribution in [0.25, 0.3) is 0 Å². The van der Waals surface area contributed by atoms with Crippen molar-refractivity contribution in [3.63, 3.8) is 0 Å². The van der Waals surface area contributed by atoms with Gasteiger partial charge in [-0.15, -0.1) is 0 Å². The molecule has 0 unspecified atom stereocenters. The van der Waals surface area contributed by atoms with E-state index in [-0.39, 0.29) is 6.61 Å². The number of rotatable bonds is 7. The maximum atomic E-state index is 12.6. The summed E-state index contributed by atoms with van der Waals surface area (Å²) in [6.45, 7) is 1.78. The van der Waals surface area contributed by atoms with Gasteiger partial charge in [-0.05, 0) is 48.9 Å². The van der Waals surface area contributed by atoms with Gasteiger partial charge >= 0.3 is 6.09 Å². The SMILES string of the molecule is O=C(N[C@H](CN1C2CCC1CC2)[C@H](O)c1ccc2c(c1)OCCO2)OCc1ccccc1. The van der Waals surface area contributed by atoms with E-state index in [1.807, 2.05) is 48.5 Å². The molecule has 5 rings (SSSR count). The zero-order valence-corrected chi connectivity index (χ0v) is 18.1. The number of fused-ring (bicyclic) bond motifs is 3. The largest absolute Gasteiger partial charge is 0.486 e. The standard InChI is InChI=1S/C25H30N2O5/c28-24(18-6-11-22-23(14-18)31-13-12-30-22)21(15-27-19-7-8-20(27)10-9-19)26-25(29)32-16-17-4-2-1-3-5-17/h1-6,11,14,19-21,24,28H,7-10,12-13,15-16H2,(H,26,29)/t19?,20?,21-,24-/m1/s1. The summed E-state index contributed by atoms with van der Waals surface area (Å²) in [5.41, 5.74) is 1.61. The third-order valence-electron chi connectivity index (χ3n) is 6.82. The van der Waals surface area contributed by atoms with Gasteiger partial charge in [-0.2, -0.15) is 0 Å². The first-order chi connectivity index (χ1) is 15.7. The van der Waals surface area contributed by atoms with Gasteiger partial charge in [0.2, 0.25) is 0 Å². The van der Waals surface area contributed by atoms with Crippen molar-refractivity contribution in [2.75, 3.05) is 19.8 Å². The van der Waals surface area contributed by atoms with Crippen molar-refractivity contribution in [1.29, 1.82) is 0 Å². The predicted molar refractivity (Wildman–Crippen MR) is 119 cm³/mol. The molecular weight excluding hydrogens is 408 g/mol. The molecule has 7 heteroatoms. The lowest BCUT2D eigenvalue weighted by molar-refractivity contribution is 0.0803. The zero-order chi connectivity index (χ0) is 21.9. The minimum atomic E-state index is -0.893. The van der Waals surface area contributed by atoms with Gasteiger partial charge in [0.25, 0.3) is 0 Å². The van der Waals surface area contributed by atoms with E-state index in [0.29, 0.717) is 48.9 Å². The number of aliphatic hydroxyl groups excluding tert-OH is 1. The molecule has 7 nitrogen and oxygen atoms in total. The van der Waals surface area contributed by atoms with Crippen LogP contribution in [0.2, 0.25) is 0 Å². The third-order valence-corrected chi connectivity index (χ3v) is 6.82. The third kappa shape index (κ3) is 4.54. The molecule has 2 saturated heterocycles. The first kappa shape index (κ1) is 21.1. The Kier molecular flexibility index (Phi) is 6.19. The molecule has 32 heavy (non-hydrogen) atoms. The van der Waals surface area contributed by atoms with Crippen LogP contribution in [0.5, 0.6) is 11.5 Å². The number of hydrogen-bond donors (Lipinski definition) is 2. The molecule has 0 spiro atoms. The fourth-order valence-corrected chi connectivity index (χ4v) is 5.16. The Morgan fingerprint density at radius 3 is 2.44 bits per heavy atom. The number of amides is 1. The molecule has 2 bridgehead atoms. The van der Waals surface area contributed by atoms with Gasteiger partial charge in [0.1, 0.15) is 25.9 Å². The second-order valence-corrected chi connectivity index (χ2v) is 8.82. The van der Waals surface area contributed by atoms with Gasteiger partial charge in [-0.25, -0.2) is 4.79 Å². The maximum Gasteiger partial charge on any atom is 0.407 e. The van der Waals surface area contributed by atoms with Gasteiger partial charge < -0.3 is 24.6 Å². The van der Waals surface area contributed by atoms with Crippen molar-refractivity contribution >= 4 is 6.09 Å². The molecule has 2 aromatic carbocycles. The molecule has 0 aromatic heterocycles. The molecule has 3 aliphatic heterocycles. The normalized spacial score (nSPS) is 23.5. The molecule has 2 aromatic rings. The smallest absolute Gasteiger partial charge is 0.407 e. The Bertz CT molecular complexity index is 917. The topological polar surface area (TPSA) is 80.3 Å². The van der Waals surface area contributed by atoms with E-state index >= 15 is 0 Å². The second-order valence-electron chi connectivity index (χ2n) is 8.82. The van der Waals surface area contributed by atoms with Crippen LogP contribution in [0.4, 0.5) is 4.79 Å². The lowest BCUT2D eigenvalue weighted by atomic mass is 10.0. The number of hydrogen-bond acceptors (Lipinski definition) is 6. The van der Waals surface area contributed by atoms with Gasteiger partial charge in [0.05, 0.1) is 6.04 Å². The molecule has 2 N–H and O–H groups in total. The highest BCUT2D eigenvalue weighted by Crippen LogP contribution is 2.39. The minimum Gasteiger partial charge on any atom is -0.486 e. The zero-order valence-electron chi connectivity index (χ0n) is 18.1. The van der Waals surface area contributed by atoms with E-state index in [0.717, 1.165) is 5.56 Å². The minimum absolute atomic E-state index is 0.189. The van der Waals surface area contributed by atoms with Gasteiger partial charge in [0, 0.05) is 18.6 Å². The molecule has 3 heterocycles. The van der Waals surface area contributed by atoms with Crippen LogP contribution in [0, 0.1) is 0 Å². The van der Waals surface area contributed by atoms with Crippen LogP contribution in [-0.4, -0.2) is 54.0 Å². The highest BCUT2D eigenvalue weighted by atomic mass is 16.6.